The van der Waals surface area contributed by atoms with Crippen molar-refractivity contribution in [2.45, 2.75) is 27.7 Å². The second kappa shape index (κ2) is 9.67. The first-order valence-corrected chi connectivity index (χ1v) is 10.8. The van der Waals surface area contributed by atoms with Crippen molar-refractivity contribution in [2.75, 3.05) is 0 Å². The summed E-state index contributed by atoms with van der Waals surface area (Å²) in [5, 5.41) is 0. The fourth-order valence-corrected chi connectivity index (χ4v) is 3.84. The summed E-state index contributed by atoms with van der Waals surface area (Å²) in [6.45, 7) is 7.61. The van der Waals surface area contributed by atoms with Crippen LogP contribution in [-0.4, -0.2) is 11.9 Å². The molecule has 34 heavy (non-hydrogen) atoms. The van der Waals surface area contributed by atoms with Crippen LogP contribution < -0.4 is 0 Å². The summed E-state index contributed by atoms with van der Waals surface area (Å²) < 4.78 is 22.3. The first kappa shape index (κ1) is 22.9. The van der Waals surface area contributed by atoms with Crippen LogP contribution in [0.15, 0.2) is 82.0 Å². The monoisotopic (exact) mass is 456 g/mol. The SMILES string of the molecule is Cc1cccc(C)c1C(OC(=O)c1ccco1)=C(OC(=O)c1ccco1)c1c(C)cccc1C. The highest BCUT2D eigenvalue weighted by atomic mass is 16.6. The van der Waals surface area contributed by atoms with Crippen molar-refractivity contribution in [3.63, 3.8) is 0 Å². The first-order chi connectivity index (χ1) is 16.4. The Bertz CT molecular complexity index is 1210. The van der Waals surface area contributed by atoms with E-state index >= 15 is 0 Å². The molecule has 0 fully saturated rings. The van der Waals surface area contributed by atoms with Crippen LogP contribution in [0.25, 0.3) is 11.5 Å². The number of rotatable bonds is 6. The van der Waals surface area contributed by atoms with Crippen LogP contribution in [0.2, 0.25) is 0 Å². The number of furan rings is 2. The van der Waals surface area contributed by atoms with Crippen molar-refractivity contribution >= 4 is 23.5 Å². The molecular formula is C28H24O6. The standard InChI is InChI=1S/C28H24O6/c1-17-9-5-10-18(2)23(17)25(33-27(29)21-13-7-15-31-21)26(24-19(3)11-6-12-20(24)4)34-28(30)22-14-8-16-32-22/h5-16H,1-4H3. The van der Waals surface area contributed by atoms with Gasteiger partial charge in [0.1, 0.15) is 0 Å². The van der Waals surface area contributed by atoms with E-state index in [1.165, 1.54) is 24.7 Å². The molecule has 0 radical (unpaired) electrons. The van der Waals surface area contributed by atoms with Crippen LogP contribution in [0.5, 0.6) is 0 Å². The number of benzene rings is 2. The Labute approximate surface area is 197 Å². The van der Waals surface area contributed by atoms with Gasteiger partial charge in [-0.05, 0) is 74.2 Å². The van der Waals surface area contributed by atoms with Crippen molar-refractivity contribution in [2.24, 2.45) is 0 Å². The zero-order valence-electron chi connectivity index (χ0n) is 19.4. The molecule has 0 saturated carbocycles. The van der Waals surface area contributed by atoms with E-state index < -0.39 is 11.9 Å². The van der Waals surface area contributed by atoms with Gasteiger partial charge in [-0.2, -0.15) is 0 Å². The molecule has 0 atom stereocenters. The Morgan fingerprint density at radius 3 is 1.21 bits per heavy atom. The van der Waals surface area contributed by atoms with Gasteiger partial charge in [-0.1, -0.05) is 36.4 Å². The molecule has 0 spiro atoms. The molecule has 0 amide bonds. The lowest BCUT2D eigenvalue weighted by Crippen LogP contribution is -2.13. The third-order valence-electron chi connectivity index (χ3n) is 5.46. The number of aryl methyl sites for hydroxylation is 4. The smallest absolute Gasteiger partial charge is 0.379 e. The molecule has 2 heterocycles. The average Bonchev–Trinajstić information content (AvgIpc) is 3.52. The maximum atomic E-state index is 13.0. The van der Waals surface area contributed by atoms with E-state index in [1.807, 2.05) is 64.1 Å². The molecule has 172 valence electrons. The molecule has 4 rings (SSSR count). The van der Waals surface area contributed by atoms with Crippen LogP contribution in [-0.2, 0) is 9.47 Å². The molecule has 0 unspecified atom stereocenters. The lowest BCUT2D eigenvalue weighted by Gasteiger charge is -2.20. The van der Waals surface area contributed by atoms with Crippen LogP contribution >= 0.6 is 0 Å². The first-order valence-electron chi connectivity index (χ1n) is 10.8. The molecule has 0 bridgehead atoms. The molecule has 0 aliphatic carbocycles. The normalized spacial score (nSPS) is 11.6. The molecule has 2 aromatic heterocycles. The zero-order valence-corrected chi connectivity index (χ0v) is 19.4. The van der Waals surface area contributed by atoms with Crippen molar-refractivity contribution in [1.82, 2.24) is 0 Å². The second-order valence-electron chi connectivity index (χ2n) is 7.93. The highest BCUT2D eigenvalue weighted by molar-refractivity contribution is 6.00. The van der Waals surface area contributed by atoms with Gasteiger partial charge in [0.2, 0.25) is 11.5 Å². The van der Waals surface area contributed by atoms with Crippen molar-refractivity contribution in [1.29, 1.82) is 0 Å². The third-order valence-corrected chi connectivity index (χ3v) is 5.46. The predicted molar refractivity (Wildman–Crippen MR) is 127 cm³/mol. The van der Waals surface area contributed by atoms with Crippen LogP contribution in [0, 0.1) is 27.7 Å². The minimum absolute atomic E-state index is 0.0296. The van der Waals surface area contributed by atoms with Crippen molar-refractivity contribution in [3.8, 4) is 0 Å². The molecule has 4 aromatic rings. The van der Waals surface area contributed by atoms with Crippen molar-refractivity contribution < 1.29 is 27.9 Å². The molecular weight excluding hydrogens is 432 g/mol. The largest absolute Gasteiger partial charge is 0.457 e. The van der Waals surface area contributed by atoms with E-state index in [-0.39, 0.29) is 23.0 Å². The topological polar surface area (TPSA) is 78.9 Å². The Hall–Kier alpha value is -4.32. The van der Waals surface area contributed by atoms with E-state index in [2.05, 4.69) is 0 Å². The Morgan fingerprint density at radius 2 is 0.912 bits per heavy atom. The summed E-state index contributed by atoms with van der Waals surface area (Å²) in [6, 6.07) is 17.7. The summed E-state index contributed by atoms with van der Waals surface area (Å²) in [4.78, 5) is 26.0. The number of hydrogen-bond donors (Lipinski definition) is 0. The molecule has 6 nitrogen and oxygen atoms in total. The number of esters is 2. The zero-order chi connectivity index (χ0) is 24.2. The van der Waals surface area contributed by atoms with E-state index in [9.17, 15) is 9.59 Å². The molecule has 0 aliphatic rings. The number of ether oxygens (including phenoxy) is 2. The molecule has 2 aromatic carbocycles. The van der Waals surface area contributed by atoms with Gasteiger partial charge in [0, 0.05) is 11.1 Å². The molecule has 0 N–H and O–H groups in total. The summed E-state index contributed by atoms with van der Waals surface area (Å²) in [5.41, 5.74) is 4.68. The Morgan fingerprint density at radius 1 is 0.559 bits per heavy atom. The number of carbonyl (C=O) groups excluding carboxylic acids is 2. The summed E-state index contributed by atoms with van der Waals surface area (Å²) in [6.07, 6.45) is 2.78. The number of carbonyl (C=O) groups is 2. The van der Waals surface area contributed by atoms with E-state index in [0.29, 0.717) is 11.1 Å². The van der Waals surface area contributed by atoms with Gasteiger partial charge in [-0.15, -0.1) is 0 Å². The second-order valence-corrected chi connectivity index (χ2v) is 7.93. The van der Waals surface area contributed by atoms with Crippen molar-refractivity contribution in [3.05, 3.63) is 118 Å². The van der Waals surface area contributed by atoms with Gasteiger partial charge >= 0.3 is 11.9 Å². The summed E-state index contributed by atoms with van der Waals surface area (Å²) in [5.74, 6) is -1.12. The summed E-state index contributed by atoms with van der Waals surface area (Å²) in [7, 11) is 0. The highest BCUT2D eigenvalue weighted by Gasteiger charge is 2.28. The van der Waals surface area contributed by atoms with Gasteiger partial charge in [0.25, 0.3) is 0 Å². The fraction of sp³-hybridized carbons (Fsp3) is 0.143. The fourth-order valence-electron chi connectivity index (χ4n) is 3.84. The lowest BCUT2D eigenvalue weighted by molar-refractivity contribution is 0.0612. The van der Waals surface area contributed by atoms with Gasteiger partial charge in [-0.3, -0.25) is 0 Å². The average molecular weight is 456 g/mol. The Balaban J connectivity index is 1.99. The van der Waals surface area contributed by atoms with E-state index in [4.69, 9.17) is 18.3 Å². The molecule has 0 saturated heterocycles. The maximum absolute atomic E-state index is 13.0. The minimum atomic E-state index is -0.708. The summed E-state index contributed by atoms with van der Waals surface area (Å²) >= 11 is 0. The van der Waals surface area contributed by atoms with Crippen LogP contribution in [0.3, 0.4) is 0 Å². The van der Waals surface area contributed by atoms with Gasteiger partial charge in [0.15, 0.2) is 11.5 Å². The maximum Gasteiger partial charge on any atom is 0.379 e. The van der Waals surface area contributed by atoms with E-state index in [1.54, 1.807) is 12.1 Å². The lowest BCUT2D eigenvalue weighted by atomic mass is 9.95. The number of hydrogen-bond acceptors (Lipinski definition) is 6. The quantitative estimate of drug-likeness (QED) is 0.184. The molecule has 0 aliphatic heterocycles. The third kappa shape index (κ3) is 4.57. The van der Waals surface area contributed by atoms with E-state index in [0.717, 1.165) is 22.3 Å². The van der Waals surface area contributed by atoms with Crippen LogP contribution in [0.4, 0.5) is 0 Å². The van der Waals surface area contributed by atoms with Crippen LogP contribution in [0.1, 0.15) is 54.5 Å². The van der Waals surface area contributed by atoms with Gasteiger partial charge in [0.05, 0.1) is 12.5 Å². The minimum Gasteiger partial charge on any atom is -0.457 e. The van der Waals surface area contributed by atoms with Gasteiger partial charge < -0.3 is 18.3 Å². The molecule has 6 heteroatoms. The van der Waals surface area contributed by atoms with Gasteiger partial charge in [-0.25, -0.2) is 9.59 Å². The highest BCUT2D eigenvalue weighted by Crippen LogP contribution is 2.36. The predicted octanol–water partition coefficient (Wildman–Crippen LogP) is 6.65. The Kier molecular flexibility index (Phi) is 6.50.